The van der Waals surface area contributed by atoms with E-state index in [1.165, 1.54) is 11.1 Å². The SMILES string of the molecule is CC(C)(c1ccccc1)c1coc(-c2cnn3c2NC(c2ccccc2)CC3(C)C)n1. The third kappa shape index (κ3) is 3.34. The molecule has 1 unspecified atom stereocenters. The molecule has 2 aromatic heterocycles. The maximum Gasteiger partial charge on any atom is 0.231 e. The van der Waals surface area contributed by atoms with Gasteiger partial charge in [0.25, 0.3) is 0 Å². The minimum Gasteiger partial charge on any atom is -0.444 e. The lowest BCUT2D eigenvalue weighted by atomic mass is 9.82. The second kappa shape index (κ2) is 7.12. The van der Waals surface area contributed by atoms with E-state index < -0.39 is 0 Å². The number of aromatic nitrogens is 3. The van der Waals surface area contributed by atoms with Crippen molar-refractivity contribution in [1.82, 2.24) is 14.8 Å². The fourth-order valence-corrected chi connectivity index (χ4v) is 4.48. The first kappa shape index (κ1) is 19.6. The van der Waals surface area contributed by atoms with E-state index in [9.17, 15) is 0 Å². The Labute approximate surface area is 183 Å². The van der Waals surface area contributed by atoms with E-state index in [0.29, 0.717) is 5.89 Å². The van der Waals surface area contributed by atoms with Crippen LogP contribution in [0, 0.1) is 0 Å². The monoisotopic (exact) mass is 412 g/mol. The summed E-state index contributed by atoms with van der Waals surface area (Å²) in [5, 5.41) is 8.39. The van der Waals surface area contributed by atoms with Crippen molar-refractivity contribution >= 4 is 5.82 Å². The second-order valence-electron chi connectivity index (χ2n) is 9.47. The van der Waals surface area contributed by atoms with Crippen LogP contribution in [0.5, 0.6) is 0 Å². The topological polar surface area (TPSA) is 55.9 Å². The van der Waals surface area contributed by atoms with Crippen molar-refractivity contribution in [2.45, 2.75) is 51.1 Å². The van der Waals surface area contributed by atoms with E-state index in [2.05, 4.69) is 92.3 Å². The van der Waals surface area contributed by atoms with Crippen molar-refractivity contribution in [3.8, 4) is 11.5 Å². The van der Waals surface area contributed by atoms with E-state index in [4.69, 9.17) is 14.5 Å². The van der Waals surface area contributed by atoms with Crippen LogP contribution < -0.4 is 5.32 Å². The molecule has 0 saturated carbocycles. The molecule has 0 aliphatic carbocycles. The maximum absolute atomic E-state index is 5.99. The summed E-state index contributed by atoms with van der Waals surface area (Å²) >= 11 is 0. The fraction of sp³-hybridized carbons (Fsp3) is 0.308. The van der Waals surface area contributed by atoms with Crippen LogP contribution in [0.15, 0.2) is 77.5 Å². The molecule has 158 valence electrons. The van der Waals surface area contributed by atoms with Gasteiger partial charge in [-0.05, 0) is 31.4 Å². The molecule has 0 spiro atoms. The van der Waals surface area contributed by atoms with E-state index in [0.717, 1.165) is 23.5 Å². The molecule has 0 saturated heterocycles. The molecule has 2 aromatic carbocycles. The van der Waals surface area contributed by atoms with Crippen LogP contribution in [0.4, 0.5) is 5.82 Å². The first-order valence-electron chi connectivity index (χ1n) is 10.8. The van der Waals surface area contributed by atoms with Gasteiger partial charge in [0.15, 0.2) is 0 Å². The van der Waals surface area contributed by atoms with Crippen molar-refractivity contribution in [3.63, 3.8) is 0 Å². The zero-order valence-corrected chi connectivity index (χ0v) is 18.5. The van der Waals surface area contributed by atoms with Crippen LogP contribution in [0.3, 0.4) is 0 Å². The molecule has 4 aromatic rings. The first-order chi connectivity index (χ1) is 14.9. The number of anilines is 1. The Balaban J connectivity index is 1.52. The third-order valence-electron chi connectivity index (χ3n) is 6.43. The van der Waals surface area contributed by atoms with E-state index in [1.807, 2.05) is 12.3 Å². The molecular weight excluding hydrogens is 384 g/mol. The van der Waals surface area contributed by atoms with Crippen LogP contribution in [0.2, 0.25) is 0 Å². The summed E-state index contributed by atoms with van der Waals surface area (Å²) < 4.78 is 8.05. The Kier molecular flexibility index (Phi) is 4.50. The highest BCUT2D eigenvalue weighted by Gasteiger charge is 2.37. The lowest BCUT2D eigenvalue weighted by molar-refractivity contribution is 0.263. The third-order valence-corrected chi connectivity index (χ3v) is 6.43. The van der Waals surface area contributed by atoms with Crippen molar-refractivity contribution in [2.75, 3.05) is 5.32 Å². The maximum atomic E-state index is 5.99. The van der Waals surface area contributed by atoms with Crippen LogP contribution in [-0.4, -0.2) is 14.8 Å². The Bertz CT molecular complexity index is 1190. The molecule has 1 aliphatic heterocycles. The molecule has 5 rings (SSSR count). The number of benzene rings is 2. The van der Waals surface area contributed by atoms with Crippen molar-refractivity contribution in [3.05, 3.63) is 89.9 Å². The van der Waals surface area contributed by atoms with Crippen LogP contribution in [-0.2, 0) is 11.0 Å². The van der Waals surface area contributed by atoms with E-state index >= 15 is 0 Å². The first-order valence-corrected chi connectivity index (χ1v) is 10.8. The number of fused-ring (bicyclic) bond motifs is 1. The summed E-state index contributed by atoms with van der Waals surface area (Å²) in [4.78, 5) is 4.89. The van der Waals surface area contributed by atoms with Gasteiger partial charge < -0.3 is 9.73 Å². The van der Waals surface area contributed by atoms with Gasteiger partial charge in [0.2, 0.25) is 5.89 Å². The number of rotatable bonds is 4. The molecular formula is C26H28N4O. The lowest BCUT2D eigenvalue weighted by Gasteiger charge is -2.38. The molecule has 0 amide bonds. The van der Waals surface area contributed by atoms with Gasteiger partial charge in [-0.3, -0.25) is 0 Å². The molecule has 1 aliphatic rings. The summed E-state index contributed by atoms with van der Waals surface area (Å²) in [6.07, 6.45) is 4.58. The number of nitrogens with one attached hydrogen (secondary N) is 1. The number of hydrogen-bond acceptors (Lipinski definition) is 4. The predicted octanol–water partition coefficient (Wildman–Crippen LogP) is 6.16. The Morgan fingerprint density at radius 3 is 2.42 bits per heavy atom. The predicted molar refractivity (Wildman–Crippen MR) is 123 cm³/mol. The molecule has 31 heavy (non-hydrogen) atoms. The zero-order chi connectivity index (χ0) is 21.6. The lowest BCUT2D eigenvalue weighted by Crippen LogP contribution is -2.37. The molecule has 0 radical (unpaired) electrons. The molecule has 0 fully saturated rings. The Hall–Kier alpha value is -3.34. The summed E-state index contributed by atoms with van der Waals surface area (Å²) in [5.41, 5.74) is 3.89. The molecule has 1 atom stereocenters. The second-order valence-corrected chi connectivity index (χ2v) is 9.47. The van der Waals surface area contributed by atoms with Crippen LogP contribution in [0.1, 0.15) is 57.0 Å². The summed E-state index contributed by atoms with van der Waals surface area (Å²) in [6.45, 7) is 8.79. The average Bonchev–Trinajstić information content (AvgIpc) is 3.42. The smallest absolute Gasteiger partial charge is 0.231 e. The molecule has 5 heteroatoms. The van der Waals surface area contributed by atoms with Gasteiger partial charge in [-0.1, -0.05) is 74.5 Å². The molecule has 3 heterocycles. The molecule has 1 N–H and O–H groups in total. The van der Waals surface area contributed by atoms with Gasteiger partial charge >= 0.3 is 0 Å². The minimum absolute atomic E-state index is 0.127. The number of hydrogen-bond donors (Lipinski definition) is 1. The van der Waals surface area contributed by atoms with Crippen LogP contribution >= 0.6 is 0 Å². The number of nitrogens with zero attached hydrogens (tertiary/aromatic N) is 3. The van der Waals surface area contributed by atoms with Crippen molar-refractivity contribution in [1.29, 1.82) is 0 Å². The fourth-order valence-electron chi connectivity index (χ4n) is 4.48. The Morgan fingerprint density at radius 2 is 1.71 bits per heavy atom. The summed E-state index contributed by atoms with van der Waals surface area (Å²) in [7, 11) is 0. The van der Waals surface area contributed by atoms with Gasteiger partial charge in [-0.2, -0.15) is 5.10 Å². The standard InChI is InChI=1S/C26H28N4O/c1-25(2)15-21(18-11-7-5-8-12-18)28-23-20(16-27-30(23)25)24-29-22(17-31-24)26(3,4)19-13-9-6-10-14-19/h5-14,16-17,21,28H,15H2,1-4H3. The highest BCUT2D eigenvalue weighted by Crippen LogP contribution is 2.43. The quantitative estimate of drug-likeness (QED) is 0.436. The van der Waals surface area contributed by atoms with Crippen molar-refractivity contribution in [2.24, 2.45) is 0 Å². The molecule has 5 nitrogen and oxygen atoms in total. The van der Waals surface area contributed by atoms with E-state index in [-0.39, 0.29) is 17.0 Å². The Morgan fingerprint density at radius 1 is 1.03 bits per heavy atom. The highest BCUT2D eigenvalue weighted by molar-refractivity contribution is 5.70. The average molecular weight is 413 g/mol. The molecule has 0 bridgehead atoms. The van der Waals surface area contributed by atoms with Gasteiger partial charge in [-0.15, -0.1) is 0 Å². The van der Waals surface area contributed by atoms with Gasteiger partial charge in [0.1, 0.15) is 12.1 Å². The zero-order valence-electron chi connectivity index (χ0n) is 18.5. The minimum atomic E-state index is -0.254. The summed E-state index contributed by atoms with van der Waals surface area (Å²) in [5.74, 6) is 1.55. The normalized spacial score (nSPS) is 17.7. The van der Waals surface area contributed by atoms with Gasteiger partial charge in [0.05, 0.1) is 29.0 Å². The van der Waals surface area contributed by atoms with Gasteiger partial charge in [-0.25, -0.2) is 9.67 Å². The van der Waals surface area contributed by atoms with Crippen LogP contribution in [0.25, 0.3) is 11.5 Å². The van der Waals surface area contributed by atoms with E-state index in [1.54, 1.807) is 6.26 Å². The van der Waals surface area contributed by atoms with Crippen molar-refractivity contribution < 1.29 is 4.42 Å². The largest absolute Gasteiger partial charge is 0.444 e. The number of oxazole rings is 1. The summed E-state index contributed by atoms with van der Waals surface area (Å²) in [6, 6.07) is 21.2. The van der Waals surface area contributed by atoms with Gasteiger partial charge in [0, 0.05) is 5.41 Å². The highest BCUT2D eigenvalue weighted by atomic mass is 16.3.